The summed E-state index contributed by atoms with van der Waals surface area (Å²) >= 11 is 0. The lowest BCUT2D eigenvalue weighted by atomic mass is 9.90. The van der Waals surface area contributed by atoms with Gasteiger partial charge in [-0.3, -0.25) is 9.69 Å². The summed E-state index contributed by atoms with van der Waals surface area (Å²) in [6, 6.07) is 24.9. The number of amides is 2. The molecule has 0 aromatic heterocycles. The number of aliphatic hydroxyl groups excluding tert-OH is 1. The SMILES string of the molecule is CCOC(=O)CNC(=O)Nc1ccc([C@@H]2O[C@H](CN(C)Cc3ccccc3)[C@H](C)[C@H](c3ccc(CO)cc3)O2)cc1. The zero-order chi connectivity index (χ0) is 29.2. The van der Waals surface area contributed by atoms with Gasteiger partial charge in [0, 0.05) is 30.3 Å². The van der Waals surface area contributed by atoms with Gasteiger partial charge in [0.1, 0.15) is 6.54 Å². The van der Waals surface area contributed by atoms with Crippen LogP contribution in [0.2, 0.25) is 0 Å². The fourth-order valence-corrected chi connectivity index (χ4v) is 4.86. The Kier molecular flexibility index (Phi) is 10.9. The van der Waals surface area contributed by atoms with Crippen LogP contribution >= 0.6 is 0 Å². The number of urea groups is 1. The molecule has 2 amide bonds. The van der Waals surface area contributed by atoms with Crippen molar-refractivity contribution in [2.75, 3.05) is 32.1 Å². The van der Waals surface area contributed by atoms with Gasteiger partial charge in [-0.05, 0) is 42.8 Å². The maximum Gasteiger partial charge on any atom is 0.325 e. The van der Waals surface area contributed by atoms with Crippen LogP contribution in [-0.4, -0.2) is 54.9 Å². The van der Waals surface area contributed by atoms with E-state index in [9.17, 15) is 14.7 Å². The summed E-state index contributed by atoms with van der Waals surface area (Å²) < 4.78 is 17.9. The fourth-order valence-electron chi connectivity index (χ4n) is 4.86. The molecule has 0 saturated carbocycles. The van der Waals surface area contributed by atoms with E-state index in [2.05, 4.69) is 41.6 Å². The number of esters is 1. The highest BCUT2D eigenvalue weighted by Gasteiger charge is 2.38. The monoisotopic (exact) mass is 561 g/mol. The summed E-state index contributed by atoms with van der Waals surface area (Å²) in [5.41, 5.74) is 4.49. The van der Waals surface area contributed by atoms with Crippen LogP contribution in [0.15, 0.2) is 78.9 Å². The Morgan fingerprint density at radius 2 is 1.61 bits per heavy atom. The van der Waals surface area contributed by atoms with Crippen LogP contribution in [0.5, 0.6) is 0 Å². The predicted molar refractivity (Wildman–Crippen MR) is 156 cm³/mol. The Morgan fingerprint density at radius 1 is 0.927 bits per heavy atom. The molecule has 1 saturated heterocycles. The van der Waals surface area contributed by atoms with E-state index < -0.39 is 18.3 Å². The van der Waals surface area contributed by atoms with Crippen LogP contribution < -0.4 is 10.6 Å². The molecule has 3 N–H and O–H groups in total. The molecule has 0 radical (unpaired) electrons. The molecule has 41 heavy (non-hydrogen) atoms. The molecule has 1 fully saturated rings. The summed E-state index contributed by atoms with van der Waals surface area (Å²) in [7, 11) is 2.09. The quantitative estimate of drug-likeness (QED) is 0.289. The van der Waals surface area contributed by atoms with Gasteiger partial charge in [-0.15, -0.1) is 0 Å². The molecule has 1 heterocycles. The summed E-state index contributed by atoms with van der Waals surface area (Å²) in [6.07, 6.45) is -0.949. The number of likely N-dealkylation sites (N-methyl/N-ethyl adjacent to an activating group) is 1. The first-order valence-electron chi connectivity index (χ1n) is 13.9. The molecule has 4 atom stereocenters. The summed E-state index contributed by atoms with van der Waals surface area (Å²) in [5, 5.41) is 14.7. The number of benzene rings is 3. The second-order valence-corrected chi connectivity index (χ2v) is 10.2. The van der Waals surface area contributed by atoms with Gasteiger partial charge in [0.05, 0.1) is 25.4 Å². The molecular formula is C32H39N3O6. The van der Waals surface area contributed by atoms with Crippen molar-refractivity contribution in [3.63, 3.8) is 0 Å². The molecule has 1 aliphatic rings. The largest absolute Gasteiger partial charge is 0.465 e. The highest BCUT2D eigenvalue weighted by atomic mass is 16.7. The van der Waals surface area contributed by atoms with E-state index in [4.69, 9.17) is 14.2 Å². The minimum atomic E-state index is -0.615. The van der Waals surface area contributed by atoms with Gasteiger partial charge in [-0.1, -0.05) is 73.7 Å². The van der Waals surface area contributed by atoms with Crippen LogP contribution in [0.4, 0.5) is 10.5 Å². The summed E-state index contributed by atoms with van der Waals surface area (Å²) in [4.78, 5) is 25.9. The van der Waals surface area contributed by atoms with Crippen molar-refractivity contribution in [3.05, 3.63) is 101 Å². The number of ether oxygens (including phenoxy) is 3. The van der Waals surface area contributed by atoms with Gasteiger partial charge in [0.15, 0.2) is 6.29 Å². The van der Waals surface area contributed by atoms with E-state index in [1.54, 1.807) is 19.1 Å². The highest BCUT2D eigenvalue weighted by Crippen LogP contribution is 2.42. The summed E-state index contributed by atoms with van der Waals surface area (Å²) in [5.74, 6) is -0.433. The van der Waals surface area contributed by atoms with Gasteiger partial charge in [-0.25, -0.2) is 4.79 Å². The minimum Gasteiger partial charge on any atom is -0.465 e. The summed E-state index contributed by atoms with van der Waals surface area (Å²) in [6.45, 7) is 5.40. The normalized spacial score (nSPS) is 20.4. The molecule has 1 aliphatic heterocycles. The van der Waals surface area contributed by atoms with E-state index >= 15 is 0 Å². The lowest BCUT2D eigenvalue weighted by Gasteiger charge is -2.42. The number of hydrogen-bond acceptors (Lipinski definition) is 7. The van der Waals surface area contributed by atoms with E-state index in [1.807, 2.05) is 54.6 Å². The number of aliphatic hydroxyl groups is 1. The van der Waals surface area contributed by atoms with Crippen molar-refractivity contribution >= 4 is 17.7 Å². The van der Waals surface area contributed by atoms with Crippen molar-refractivity contribution < 1.29 is 28.9 Å². The van der Waals surface area contributed by atoms with E-state index in [0.29, 0.717) is 12.2 Å². The first-order valence-corrected chi connectivity index (χ1v) is 13.9. The van der Waals surface area contributed by atoms with E-state index in [-0.39, 0.29) is 37.9 Å². The lowest BCUT2D eigenvalue weighted by molar-refractivity contribution is -0.276. The predicted octanol–water partition coefficient (Wildman–Crippen LogP) is 4.79. The van der Waals surface area contributed by atoms with Crippen LogP contribution in [0.25, 0.3) is 0 Å². The molecule has 0 spiro atoms. The second kappa shape index (κ2) is 14.7. The Bertz CT molecular complexity index is 1250. The first kappa shape index (κ1) is 30.2. The number of anilines is 1. The average Bonchev–Trinajstić information content (AvgIpc) is 2.98. The van der Waals surface area contributed by atoms with Crippen molar-refractivity contribution in [2.45, 2.75) is 45.5 Å². The van der Waals surface area contributed by atoms with Gasteiger partial charge in [0.25, 0.3) is 0 Å². The van der Waals surface area contributed by atoms with Gasteiger partial charge >= 0.3 is 12.0 Å². The van der Waals surface area contributed by atoms with Crippen LogP contribution in [0.1, 0.15) is 48.5 Å². The molecule has 0 aliphatic carbocycles. The van der Waals surface area contributed by atoms with Crippen LogP contribution in [0, 0.1) is 5.92 Å². The second-order valence-electron chi connectivity index (χ2n) is 10.2. The Hall–Kier alpha value is -3.76. The standard InChI is InChI=1S/C32H39N3O6/c1-4-39-29(37)18-33-32(38)34-27-16-14-26(15-17-27)31-40-28(20-35(3)19-23-8-6-5-7-9-23)22(2)30(41-31)25-12-10-24(21-36)11-13-25/h5-17,22,28,30-31,36H,4,18-21H2,1-3H3,(H2,33,34,38)/t22-,28+,30+,31+/m0/s1. The Morgan fingerprint density at radius 3 is 2.27 bits per heavy atom. The van der Waals surface area contributed by atoms with Crippen LogP contribution in [0.3, 0.4) is 0 Å². The molecule has 3 aromatic carbocycles. The van der Waals surface area contributed by atoms with Gasteiger partial charge in [0.2, 0.25) is 0 Å². The molecule has 9 heteroatoms. The van der Waals surface area contributed by atoms with Crippen LogP contribution in [-0.2, 0) is 32.2 Å². The number of rotatable bonds is 11. The Labute approximate surface area is 241 Å². The number of carbonyl (C=O) groups excluding carboxylic acids is 2. The average molecular weight is 562 g/mol. The van der Waals surface area contributed by atoms with Crippen molar-refractivity contribution in [1.29, 1.82) is 0 Å². The number of nitrogens with one attached hydrogen (secondary N) is 2. The molecule has 218 valence electrons. The molecule has 0 bridgehead atoms. The fraction of sp³-hybridized carbons (Fsp3) is 0.375. The van der Waals surface area contributed by atoms with Crippen molar-refractivity contribution in [1.82, 2.24) is 10.2 Å². The zero-order valence-corrected chi connectivity index (χ0v) is 23.8. The first-order chi connectivity index (χ1) is 19.9. The third-order valence-electron chi connectivity index (χ3n) is 7.05. The molecule has 0 unspecified atom stereocenters. The zero-order valence-electron chi connectivity index (χ0n) is 23.8. The highest BCUT2D eigenvalue weighted by molar-refractivity contribution is 5.91. The number of nitrogens with zero attached hydrogens (tertiary/aromatic N) is 1. The number of carbonyl (C=O) groups is 2. The molecule has 9 nitrogen and oxygen atoms in total. The topological polar surface area (TPSA) is 109 Å². The lowest BCUT2D eigenvalue weighted by Crippen LogP contribution is -2.43. The third kappa shape index (κ3) is 8.61. The molecular weight excluding hydrogens is 522 g/mol. The smallest absolute Gasteiger partial charge is 0.325 e. The minimum absolute atomic E-state index is 0.0127. The molecule has 3 aromatic rings. The molecule has 4 rings (SSSR count). The number of hydrogen-bond donors (Lipinski definition) is 3. The maximum absolute atomic E-state index is 12.2. The Balaban J connectivity index is 1.47. The maximum atomic E-state index is 12.2. The van der Waals surface area contributed by atoms with Gasteiger partial charge in [-0.2, -0.15) is 0 Å². The van der Waals surface area contributed by atoms with E-state index in [0.717, 1.165) is 23.2 Å². The van der Waals surface area contributed by atoms with E-state index in [1.165, 1.54) is 5.56 Å². The van der Waals surface area contributed by atoms with Crippen molar-refractivity contribution in [2.24, 2.45) is 5.92 Å². The van der Waals surface area contributed by atoms with Gasteiger partial charge < -0.3 is 30.0 Å². The third-order valence-corrected chi connectivity index (χ3v) is 7.05. The van der Waals surface area contributed by atoms with Crippen molar-refractivity contribution in [3.8, 4) is 0 Å².